The molecule has 1 fully saturated rings. The van der Waals surface area contributed by atoms with Crippen LogP contribution in [0, 0.1) is 16.0 Å². The number of aliphatic hydroxyl groups is 1. The van der Waals surface area contributed by atoms with Gasteiger partial charge in [0.15, 0.2) is 0 Å². The summed E-state index contributed by atoms with van der Waals surface area (Å²) in [6, 6.07) is 11.4. The van der Waals surface area contributed by atoms with Gasteiger partial charge in [-0.2, -0.15) is 0 Å². The maximum Gasteiger partial charge on any atom is 0.295 e. The molecule has 34 heavy (non-hydrogen) atoms. The van der Waals surface area contributed by atoms with E-state index in [1.54, 1.807) is 30.3 Å². The Bertz CT molecular complexity index is 1110. The van der Waals surface area contributed by atoms with Crippen molar-refractivity contribution in [3.05, 3.63) is 75.3 Å². The summed E-state index contributed by atoms with van der Waals surface area (Å²) >= 11 is 0. The predicted octanol–water partition coefficient (Wildman–Crippen LogP) is 3.61. The highest BCUT2D eigenvalue weighted by Gasteiger charge is 2.46. The number of non-ortho nitro benzene ring substituents is 1. The molecule has 180 valence electrons. The first-order valence-electron chi connectivity index (χ1n) is 11.0. The third-order valence-electron chi connectivity index (χ3n) is 5.44. The first-order valence-corrected chi connectivity index (χ1v) is 11.0. The van der Waals surface area contributed by atoms with Crippen molar-refractivity contribution in [2.75, 3.05) is 33.8 Å². The molecule has 1 saturated heterocycles. The van der Waals surface area contributed by atoms with Crippen LogP contribution in [0.4, 0.5) is 5.69 Å². The van der Waals surface area contributed by atoms with Gasteiger partial charge < -0.3 is 19.6 Å². The Balaban J connectivity index is 2.07. The summed E-state index contributed by atoms with van der Waals surface area (Å²) in [6.45, 7) is 5.28. The zero-order valence-electron chi connectivity index (χ0n) is 19.7. The molecule has 2 aromatic carbocycles. The Morgan fingerprint density at radius 2 is 1.85 bits per heavy atom. The zero-order valence-corrected chi connectivity index (χ0v) is 19.7. The molecule has 1 aliphatic heterocycles. The number of nitro benzene ring substituents is 1. The largest absolute Gasteiger partial charge is 0.507 e. The summed E-state index contributed by atoms with van der Waals surface area (Å²) in [5.41, 5.74) is 0.464. The Labute approximate surface area is 198 Å². The lowest BCUT2D eigenvalue weighted by atomic mass is 9.95. The molecular formula is C25H29N3O6. The number of benzene rings is 2. The summed E-state index contributed by atoms with van der Waals surface area (Å²) < 4.78 is 5.67. The van der Waals surface area contributed by atoms with Gasteiger partial charge in [0.2, 0.25) is 0 Å². The number of rotatable bonds is 9. The fourth-order valence-corrected chi connectivity index (χ4v) is 3.70. The van der Waals surface area contributed by atoms with E-state index < -0.39 is 22.7 Å². The second-order valence-corrected chi connectivity index (χ2v) is 8.88. The number of hydrogen-bond donors (Lipinski definition) is 1. The highest BCUT2D eigenvalue weighted by atomic mass is 16.6. The van der Waals surface area contributed by atoms with Gasteiger partial charge >= 0.3 is 0 Å². The number of Topliss-reactive ketones (excluding diaryl/α,β-unsaturated/α-hetero) is 1. The number of ketones is 1. The van der Waals surface area contributed by atoms with Crippen LogP contribution in [0.3, 0.4) is 0 Å². The SMILES string of the molecule is CC(C)COc1ccc(C(O)=C2C(=O)C(=O)N(CCN(C)C)[C@@H]2c2cccc([N+](=O)[O-])c2)cc1. The number of likely N-dealkylation sites (N-methyl/N-ethyl adjacent to an activating group) is 1. The Kier molecular flexibility index (Phi) is 7.68. The molecule has 1 amide bonds. The van der Waals surface area contributed by atoms with Crippen LogP contribution in [-0.2, 0) is 9.59 Å². The zero-order chi connectivity index (χ0) is 25.0. The van der Waals surface area contributed by atoms with Crippen molar-refractivity contribution in [2.45, 2.75) is 19.9 Å². The molecule has 0 spiro atoms. The third-order valence-corrected chi connectivity index (χ3v) is 5.44. The fourth-order valence-electron chi connectivity index (χ4n) is 3.70. The van der Waals surface area contributed by atoms with Crippen LogP contribution in [0.5, 0.6) is 5.75 Å². The molecule has 0 aliphatic carbocycles. The van der Waals surface area contributed by atoms with Crippen LogP contribution in [0.15, 0.2) is 54.1 Å². The second kappa shape index (κ2) is 10.5. The first-order chi connectivity index (χ1) is 16.1. The van der Waals surface area contributed by atoms with Gasteiger partial charge in [-0.1, -0.05) is 26.0 Å². The minimum atomic E-state index is -0.947. The molecular weight excluding hydrogens is 438 g/mol. The lowest BCUT2D eigenvalue weighted by molar-refractivity contribution is -0.384. The van der Waals surface area contributed by atoms with Crippen molar-refractivity contribution in [3.63, 3.8) is 0 Å². The molecule has 1 atom stereocenters. The number of nitrogens with zero attached hydrogens (tertiary/aromatic N) is 3. The van der Waals surface area contributed by atoms with Gasteiger partial charge in [-0.25, -0.2) is 0 Å². The second-order valence-electron chi connectivity index (χ2n) is 8.88. The van der Waals surface area contributed by atoms with Gasteiger partial charge in [-0.05, 0) is 49.8 Å². The number of hydrogen-bond acceptors (Lipinski definition) is 7. The summed E-state index contributed by atoms with van der Waals surface area (Å²) in [6.07, 6.45) is 0. The van der Waals surface area contributed by atoms with E-state index in [0.29, 0.717) is 35.9 Å². The average Bonchev–Trinajstić information content (AvgIpc) is 3.06. The van der Waals surface area contributed by atoms with Crippen LogP contribution in [0.25, 0.3) is 5.76 Å². The minimum absolute atomic E-state index is 0.0971. The summed E-state index contributed by atoms with van der Waals surface area (Å²) in [7, 11) is 3.67. The lowest BCUT2D eigenvalue weighted by Crippen LogP contribution is -2.35. The molecule has 0 radical (unpaired) electrons. The van der Waals surface area contributed by atoms with Crippen molar-refractivity contribution in [1.29, 1.82) is 0 Å². The summed E-state index contributed by atoms with van der Waals surface area (Å²) in [4.78, 5) is 40.0. The highest BCUT2D eigenvalue weighted by molar-refractivity contribution is 6.46. The quantitative estimate of drug-likeness (QED) is 0.197. The molecule has 2 aromatic rings. The molecule has 9 heteroatoms. The molecule has 1 N–H and O–H groups in total. The van der Waals surface area contributed by atoms with Crippen LogP contribution in [0.2, 0.25) is 0 Å². The smallest absolute Gasteiger partial charge is 0.295 e. The standard InChI is InChI=1S/C25H29N3O6/c1-16(2)15-34-20-10-8-17(9-11-20)23(29)21-22(18-6-5-7-19(14-18)28(32)33)27(13-12-26(3)4)25(31)24(21)30/h5-11,14,16,22,29H,12-13,15H2,1-4H3/t22-/m1/s1. The lowest BCUT2D eigenvalue weighted by Gasteiger charge is -2.26. The topological polar surface area (TPSA) is 113 Å². The van der Waals surface area contributed by atoms with Gasteiger partial charge in [0.25, 0.3) is 17.4 Å². The van der Waals surface area contributed by atoms with E-state index in [2.05, 4.69) is 0 Å². The molecule has 9 nitrogen and oxygen atoms in total. The Hall–Kier alpha value is -3.72. The Morgan fingerprint density at radius 3 is 2.44 bits per heavy atom. The van der Waals surface area contributed by atoms with Crippen molar-refractivity contribution in [1.82, 2.24) is 9.80 Å². The number of amides is 1. The van der Waals surface area contributed by atoms with E-state index in [0.717, 1.165) is 0 Å². The van der Waals surface area contributed by atoms with E-state index in [9.17, 15) is 24.8 Å². The van der Waals surface area contributed by atoms with Crippen LogP contribution >= 0.6 is 0 Å². The van der Waals surface area contributed by atoms with Crippen LogP contribution in [0.1, 0.15) is 31.0 Å². The normalized spacial score (nSPS) is 17.6. The van der Waals surface area contributed by atoms with Gasteiger partial charge in [-0.15, -0.1) is 0 Å². The maximum absolute atomic E-state index is 13.0. The predicted molar refractivity (Wildman–Crippen MR) is 127 cm³/mol. The monoisotopic (exact) mass is 467 g/mol. The van der Waals surface area contributed by atoms with Crippen molar-refractivity contribution >= 4 is 23.1 Å². The number of carbonyl (C=O) groups is 2. The highest BCUT2D eigenvalue weighted by Crippen LogP contribution is 2.40. The van der Waals surface area contributed by atoms with Gasteiger partial charge in [-0.3, -0.25) is 19.7 Å². The third kappa shape index (κ3) is 5.43. The summed E-state index contributed by atoms with van der Waals surface area (Å²) in [5, 5.41) is 22.5. The number of aliphatic hydroxyl groups excluding tert-OH is 1. The number of likely N-dealkylation sites (tertiary alicyclic amines) is 1. The van der Waals surface area contributed by atoms with Gasteiger partial charge in [0.05, 0.1) is 23.1 Å². The number of ether oxygens (including phenoxy) is 1. The first kappa shape index (κ1) is 24.9. The van der Waals surface area contributed by atoms with Crippen molar-refractivity contribution < 1.29 is 24.4 Å². The van der Waals surface area contributed by atoms with Gasteiger partial charge in [0, 0.05) is 30.8 Å². The molecule has 0 unspecified atom stereocenters. The van der Waals surface area contributed by atoms with E-state index >= 15 is 0 Å². The maximum atomic E-state index is 13.0. The summed E-state index contributed by atoms with van der Waals surface area (Å²) in [5.74, 6) is -0.949. The molecule has 1 aliphatic rings. The van der Waals surface area contributed by atoms with Crippen LogP contribution in [-0.4, -0.2) is 65.3 Å². The minimum Gasteiger partial charge on any atom is -0.507 e. The average molecular weight is 468 g/mol. The molecule has 3 rings (SSSR count). The van der Waals surface area contributed by atoms with E-state index in [4.69, 9.17) is 4.74 Å². The van der Waals surface area contributed by atoms with E-state index in [1.165, 1.54) is 23.1 Å². The van der Waals surface area contributed by atoms with E-state index in [1.807, 2.05) is 32.8 Å². The molecule has 0 bridgehead atoms. The molecule has 0 aromatic heterocycles. The van der Waals surface area contributed by atoms with Crippen LogP contribution < -0.4 is 4.74 Å². The van der Waals surface area contributed by atoms with Crippen molar-refractivity contribution in [2.24, 2.45) is 5.92 Å². The fraction of sp³-hybridized carbons (Fsp3) is 0.360. The Morgan fingerprint density at radius 1 is 1.18 bits per heavy atom. The van der Waals surface area contributed by atoms with Crippen molar-refractivity contribution in [3.8, 4) is 5.75 Å². The van der Waals surface area contributed by atoms with Gasteiger partial charge in [0.1, 0.15) is 11.5 Å². The molecule has 1 heterocycles. The molecule has 0 saturated carbocycles. The number of nitro groups is 1. The number of carbonyl (C=O) groups excluding carboxylic acids is 2. The van der Waals surface area contributed by atoms with E-state index in [-0.39, 0.29) is 23.6 Å².